The minimum atomic E-state index is -0.244. The van der Waals surface area contributed by atoms with Gasteiger partial charge in [-0.05, 0) is 37.7 Å². The lowest BCUT2D eigenvalue weighted by atomic mass is 10.2. The van der Waals surface area contributed by atoms with Crippen molar-refractivity contribution >= 4 is 0 Å². The van der Waals surface area contributed by atoms with Gasteiger partial charge in [-0.3, -0.25) is 0 Å². The van der Waals surface area contributed by atoms with Crippen LogP contribution in [0.3, 0.4) is 0 Å². The number of hydrogen-bond acceptors (Lipinski definition) is 3. The van der Waals surface area contributed by atoms with Crippen LogP contribution in [0.1, 0.15) is 12.0 Å². The fourth-order valence-electron chi connectivity index (χ4n) is 1.34. The minimum Gasteiger partial charge on any atom is -0.496 e. The number of nitrogens with one attached hydrogen (secondary N) is 1. The average Bonchev–Trinajstić information content (AvgIpc) is 2.25. The molecule has 0 atom stereocenters. The highest BCUT2D eigenvalue weighted by Gasteiger charge is 2.03. The summed E-state index contributed by atoms with van der Waals surface area (Å²) in [7, 11) is 1.58. The third-order valence-electron chi connectivity index (χ3n) is 2.12. The molecule has 0 saturated heterocycles. The van der Waals surface area contributed by atoms with E-state index in [1.54, 1.807) is 13.2 Å². The van der Waals surface area contributed by atoms with E-state index in [0.717, 1.165) is 18.5 Å². The second-order valence-corrected chi connectivity index (χ2v) is 3.28. The predicted molar refractivity (Wildman–Crippen MR) is 58.3 cm³/mol. The third-order valence-corrected chi connectivity index (χ3v) is 2.12. The average molecular weight is 212 g/mol. The van der Waals surface area contributed by atoms with Gasteiger partial charge in [0.05, 0.1) is 7.11 Å². The molecule has 0 heterocycles. The summed E-state index contributed by atoms with van der Waals surface area (Å²) in [5, 5.41) is 3.18. The largest absolute Gasteiger partial charge is 0.496 e. The highest BCUT2D eigenvalue weighted by atomic mass is 19.1. The maximum absolute atomic E-state index is 13.0. The van der Waals surface area contributed by atoms with E-state index in [9.17, 15) is 4.39 Å². The molecule has 4 heteroatoms. The van der Waals surface area contributed by atoms with Crippen LogP contribution in [-0.2, 0) is 6.54 Å². The number of ether oxygens (including phenoxy) is 1. The second-order valence-electron chi connectivity index (χ2n) is 3.28. The number of methoxy groups -OCH3 is 1. The number of hydrogen-bond donors (Lipinski definition) is 2. The molecule has 3 nitrogen and oxygen atoms in total. The Kier molecular flexibility index (Phi) is 5.07. The Labute approximate surface area is 89.4 Å². The lowest BCUT2D eigenvalue weighted by Gasteiger charge is -2.09. The van der Waals surface area contributed by atoms with E-state index in [4.69, 9.17) is 10.5 Å². The van der Waals surface area contributed by atoms with Crippen LogP contribution in [0.25, 0.3) is 0 Å². The molecule has 0 aromatic heterocycles. The lowest BCUT2D eigenvalue weighted by molar-refractivity contribution is 0.406. The van der Waals surface area contributed by atoms with Crippen molar-refractivity contribution in [1.82, 2.24) is 5.32 Å². The smallest absolute Gasteiger partial charge is 0.123 e. The van der Waals surface area contributed by atoms with Gasteiger partial charge in [0.1, 0.15) is 11.6 Å². The Balaban J connectivity index is 2.54. The number of rotatable bonds is 6. The van der Waals surface area contributed by atoms with Gasteiger partial charge >= 0.3 is 0 Å². The Hall–Kier alpha value is -1.13. The fraction of sp³-hybridized carbons (Fsp3) is 0.455. The molecular weight excluding hydrogens is 195 g/mol. The first-order chi connectivity index (χ1) is 7.27. The Bertz CT molecular complexity index is 305. The molecular formula is C11H17FN2O. The number of halogens is 1. The summed E-state index contributed by atoms with van der Waals surface area (Å²) in [5.74, 6) is 0.461. The van der Waals surface area contributed by atoms with E-state index in [1.807, 2.05) is 0 Å². The molecule has 0 spiro atoms. The molecule has 0 aliphatic rings. The van der Waals surface area contributed by atoms with Crippen molar-refractivity contribution in [3.05, 3.63) is 29.6 Å². The summed E-state index contributed by atoms with van der Waals surface area (Å²) in [6.45, 7) is 2.09. The molecule has 0 radical (unpaired) electrons. The van der Waals surface area contributed by atoms with Gasteiger partial charge < -0.3 is 15.8 Å². The molecule has 0 bridgehead atoms. The quantitative estimate of drug-likeness (QED) is 0.698. The van der Waals surface area contributed by atoms with Crippen molar-refractivity contribution in [2.75, 3.05) is 20.2 Å². The third kappa shape index (κ3) is 3.85. The van der Waals surface area contributed by atoms with Crippen molar-refractivity contribution in [3.8, 4) is 5.75 Å². The zero-order chi connectivity index (χ0) is 11.1. The molecule has 0 fully saturated rings. The van der Waals surface area contributed by atoms with Crippen LogP contribution in [-0.4, -0.2) is 20.2 Å². The Morgan fingerprint density at radius 2 is 2.27 bits per heavy atom. The molecule has 0 amide bonds. The van der Waals surface area contributed by atoms with Gasteiger partial charge in [0.15, 0.2) is 0 Å². The van der Waals surface area contributed by atoms with Crippen LogP contribution in [0.2, 0.25) is 0 Å². The first-order valence-electron chi connectivity index (χ1n) is 5.01. The molecule has 1 rings (SSSR count). The van der Waals surface area contributed by atoms with Gasteiger partial charge in [0.25, 0.3) is 0 Å². The lowest BCUT2D eigenvalue weighted by Crippen LogP contribution is -2.18. The van der Waals surface area contributed by atoms with Crippen molar-refractivity contribution in [2.24, 2.45) is 5.73 Å². The summed E-state index contributed by atoms with van der Waals surface area (Å²) in [6.07, 6.45) is 0.914. The summed E-state index contributed by atoms with van der Waals surface area (Å²) >= 11 is 0. The van der Waals surface area contributed by atoms with Gasteiger partial charge in [-0.15, -0.1) is 0 Å². The molecule has 84 valence electrons. The summed E-state index contributed by atoms with van der Waals surface area (Å²) in [5.41, 5.74) is 6.19. The van der Waals surface area contributed by atoms with Crippen molar-refractivity contribution in [1.29, 1.82) is 0 Å². The molecule has 0 aliphatic carbocycles. The van der Waals surface area contributed by atoms with Gasteiger partial charge in [-0.1, -0.05) is 0 Å². The Morgan fingerprint density at radius 1 is 1.47 bits per heavy atom. The fourth-order valence-corrected chi connectivity index (χ4v) is 1.34. The van der Waals surface area contributed by atoms with Crippen LogP contribution < -0.4 is 15.8 Å². The highest BCUT2D eigenvalue weighted by molar-refractivity contribution is 5.33. The van der Waals surface area contributed by atoms with Crippen LogP contribution in [0, 0.1) is 5.82 Å². The standard InChI is InChI=1S/C11H17FN2O/c1-15-11-4-3-10(12)7-9(11)8-14-6-2-5-13/h3-4,7,14H,2,5-6,8,13H2,1H3. The first kappa shape index (κ1) is 11.9. The van der Waals surface area contributed by atoms with Gasteiger partial charge in [0.2, 0.25) is 0 Å². The molecule has 0 aliphatic heterocycles. The van der Waals surface area contributed by atoms with Crippen LogP contribution in [0.4, 0.5) is 4.39 Å². The van der Waals surface area contributed by atoms with Gasteiger partial charge in [0, 0.05) is 12.1 Å². The zero-order valence-corrected chi connectivity index (χ0v) is 8.92. The van der Waals surface area contributed by atoms with Crippen LogP contribution >= 0.6 is 0 Å². The van der Waals surface area contributed by atoms with Crippen molar-refractivity contribution < 1.29 is 9.13 Å². The topological polar surface area (TPSA) is 47.3 Å². The van der Waals surface area contributed by atoms with Crippen molar-refractivity contribution in [3.63, 3.8) is 0 Å². The van der Waals surface area contributed by atoms with E-state index in [2.05, 4.69) is 5.32 Å². The molecule has 15 heavy (non-hydrogen) atoms. The zero-order valence-electron chi connectivity index (χ0n) is 8.92. The van der Waals surface area contributed by atoms with Crippen LogP contribution in [0.15, 0.2) is 18.2 Å². The van der Waals surface area contributed by atoms with E-state index < -0.39 is 0 Å². The SMILES string of the molecule is COc1ccc(F)cc1CNCCCN. The van der Waals surface area contributed by atoms with E-state index >= 15 is 0 Å². The van der Waals surface area contributed by atoms with Crippen molar-refractivity contribution in [2.45, 2.75) is 13.0 Å². The summed E-state index contributed by atoms with van der Waals surface area (Å²) in [4.78, 5) is 0. The molecule has 1 aromatic carbocycles. The molecule has 0 saturated carbocycles. The first-order valence-corrected chi connectivity index (χ1v) is 5.01. The van der Waals surface area contributed by atoms with Gasteiger partial charge in [-0.25, -0.2) is 4.39 Å². The monoisotopic (exact) mass is 212 g/mol. The summed E-state index contributed by atoms with van der Waals surface area (Å²) < 4.78 is 18.1. The molecule has 0 unspecified atom stereocenters. The maximum atomic E-state index is 13.0. The summed E-state index contributed by atoms with van der Waals surface area (Å²) in [6, 6.07) is 4.51. The van der Waals surface area contributed by atoms with E-state index in [1.165, 1.54) is 12.1 Å². The van der Waals surface area contributed by atoms with E-state index in [-0.39, 0.29) is 5.82 Å². The number of benzene rings is 1. The molecule has 1 aromatic rings. The normalized spacial score (nSPS) is 10.3. The van der Waals surface area contributed by atoms with Crippen LogP contribution in [0.5, 0.6) is 5.75 Å². The maximum Gasteiger partial charge on any atom is 0.123 e. The minimum absolute atomic E-state index is 0.244. The highest BCUT2D eigenvalue weighted by Crippen LogP contribution is 2.18. The molecule has 3 N–H and O–H groups in total. The predicted octanol–water partition coefficient (Wildman–Crippen LogP) is 1.27. The Morgan fingerprint density at radius 3 is 2.93 bits per heavy atom. The van der Waals surface area contributed by atoms with E-state index in [0.29, 0.717) is 18.8 Å². The van der Waals surface area contributed by atoms with Gasteiger partial charge in [-0.2, -0.15) is 0 Å². The number of nitrogens with two attached hydrogens (primary N) is 1. The second kappa shape index (κ2) is 6.37.